The number of nitrogens with one attached hydrogen (secondary N) is 1. The fourth-order valence-electron chi connectivity index (χ4n) is 0.865. The fourth-order valence-corrected chi connectivity index (χ4v) is 0.865. The van der Waals surface area contributed by atoms with Crippen molar-refractivity contribution >= 4 is 6.29 Å². The lowest BCUT2D eigenvalue weighted by molar-refractivity contribution is -0.116. The Morgan fingerprint density at radius 3 is 3.00 bits per heavy atom. The van der Waals surface area contributed by atoms with Gasteiger partial charge in [-0.15, -0.1) is 0 Å². The molecule has 0 bridgehead atoms. The predicted octanol–water partition coefficient (Wildman–Crippen LogP) is -1.12. The molecule has 4 heteroatoms. The monoisotopic (exact) mass is 145 g/mol. The summed E-state index contributed by atoms with van der Waals surface area (Å²) in [4.78, 5) is 10.1. The smallest absolute Gasteiger partial charge is 0.165 e. The van der Waals surface area contributed by atoms with Gasteiger partial charge in [0.05, 0.1) is 18.8 Å². The van der Waals surface area contributed by atoms with Crippen molar-refractivity contribution in [2.24, 2.45) is 0 Å². The summed E-state index contributed by atoms with van der Waals surface area (Å²) in [5, 5.41) is 11.6. The fraction of sp³-hybridized carbons (Fsp3) is 0.833. The molecular formula is C6H11NO3. The minimum absolute atomic E-state index is 0.0165. The van der Waals surface area contributed by atoms with E-state index in [2.05, 4.69) is 5.32 Å². The molecule has 4 nitrogen and oxygen atoms in total. The largest absolute Gasteiger partial charge is 0.394 e. The Bertz CT molecular complexity index is 139. The number of carbonyl (C=O) groups excluding carboxylic acids is 1. The molecule has 0 aromatic rings. The van der Waals surface area contributed by atoms with E-state index in [9.17, 15) is 4.79 Å². The molecule has 1 heterocycles. The molecule has 2 atom stereocenters. The SMILES string of the molecule is CC1(CO)COC(C=O)N1. The molecule has 2 N–H and O–H groups in total. The van der Waals surface area contributed by atoms with E-state index in [4.69, 9.17) is 9.84 Å². The molecule has 0 saturated carbocycles. The van der Waals surface area contributed by atoms with Crippen molar-refractivity contribution in [3.8, 4) is 0 Å². The van der Waals surface area contributed by atoms with Crippen LogP contribution < -0.4 is 5.32 Å². The van der Waals surface area contributed by atoms with E-state index in [0.29, 0.717) is 12.9 Å². The third-order valence-corrected chi connectivity index (χ3v) is 1.54. The van der Waals surface area contributed by atoms with Gasteiger partial charge in [0.25, 0.3) is 0 Å². The molecule has 10 heavy (non-hydrogen) atoms. The number of aliphatic hydroxyl groups excluding tert-OH is 1. The zero-order valence-corrected chi connectivity index (χ0v) is 5.83. The summed E-state index contributed by atoms with van der Waals surface area (Å²) in [7, 11) is 0. The van der Waals surface area contributed by atoms with Gasteiger partial charge in [0.15, 0.2) is 12.5 Å². The van der Waals surface area contributed by atoms with E-state index in [1.807, 2.05) is 0 Å². The van der Waals surface area contributed by atoms with Crippen LogP contribution in [0.2, 0.25) is 0 Å². The van der Waals surface area contributed by atoms with Gasteiger partial charge in [-0.05, 0) is 6.92 Å². The number of rotatable bonds is 2. The van der Waals surface area contributed by atoms with Crippen LogP contribution in [0.15, 0.2) is 0 Å². The van der Waals surface area contributed by atoms with E-state index in [0.717, 1.165) is 0 Å². The summed E-state index contributed by atoms with van der Waals surface area (Å²) < 4.78 is 4.97. The van der Waals surface area contributed by atoms with Crippen LogP contribution in [-0.4, -0.2) is 36.4 Å². The van der Waals surface area contributed by atoms with Gasteiger partial charge in [-0.2, -0.15) is 0 Å². The lowest BCUT2D eigenvalue weighted by atomic mass is 10.1. The van der Waals surface area contributed by atoms with Crippen LogP contribution >= 0.6 is 0 Å². The van der Waals surface area contributed by atoms with Crippen LogP contribution in [0.4, 0.5) is 0 Å². The van der Waals surface area contributed by atoms with Crippen molar-refractivity contribution in [3.63, 3.8) is 0 Å². The molecule has 0 spiro atoms. The Morgan fingerprint density at radius 2 is 2.70 bits per heavy atom. The van der Waals surface area contributed by atoms with Crippen molar-refractivity contribution < 1.29 is 14.6 Å². The van der Waals surface area contributed by atoms with Gasteiger partial charge in [-0.25, -0.2) is 0 Å². The Labute approximate surface area is 59.2 Å². The van der Waals surface area contributed by atoms with Gasteiger partial charge in [0.1, 0.15) is 0 Å². The van der Waals surface area contributed by atoms with E-state index >= 15 is 0 Å². The first kappa shape index (κ1) is 7.65. The van der Waals surface area contributed by atoms with Crippen molar-refractivity contribution in [2.75, 3.05) is 13.2 Å². The molecule has 0 aromatic heterocycles. The summed E-state index contributed by atoms with van der Waals surface area (Å²) >= 11 is 0. The minimum atomic E-state index is -0.544. The molecule has 0 aliphatic carbocycles. The van der Waals surface area contributed by atoms with Gasteiger partial charge >= 0.3 is 0 Å². The molecule has 2 unspecified atom stereocenters. The highest BCUT2D eigenvalue weighted by Gasteiger charge is 2.34. The summed E-state index contributed by atoms with van der Waals surface area (Å²) in [6.45, 7) is 2.17. The lowest BCUT2D eigenvalue weighted by Gasteiger charge is -2.18. The highest BCUT2D eigenvalue weighted by atomic mass is 16.5. The zero-order chi connectivity index (χ0) is 7.61. The Morgan fingerprint density at radius 1 is 2.00 bits per heavy atom. The number of aldehydes is 1. The van der Waals surface area contributed by atoms with Crippen LogP contribution in [0.3, 0.4) is 0 Å². The van der Waals surface area contributed by atoms with Crippen molar-refractivity contribution in [3.05, 3.63) is 0 Å². The third-order valence-electron chi connectivity index (χ3n) is 1.54. The van der Waals surface area contributed by atoms with E-state index in [1.54, 1.807) is 6.92 Å². The van der Waals surface area contributed by atoms with Crippen LogP contribution in [-0.2, 0) is 9.53 Å². The second kappa shape index (κ2) is 2.65. The summed E-state index contributed by atoms with van der Waals surface area (Å²) in [5.41, 5.74) is -0.439. The van der Waals surface area contributed by atoms with Crippen LogP contribution in [0, 0.1) is 0 Å². The average molecular weight is 145 g/mol. The minimum Gasteiger partial charge on any atom is -0.394 e. The first-order valence-corrected chi connectivity index (χ1v) is 3.16. The maximum Gasteiger partial charge on any atom is 0.165 e. The molecule has 1 fully saturated rings. The summed E-state index contributed by atoms with van der Waals surface area (Å²) in [5.74, 6) is 0. The summed E-state index contributed by atoms with van der Waals surface area (Å²) in [6, 6.07) is 0. The number of ether oxygens (including phenoxy) is 1. The average Bonchev–Trinajstić information content (AvgIpc) is 2.33. The Balaban J connectivity index is 2.48. The van der Waals surface area contributed by atoms with E-state index < -0.39 is 11.8 Å². The number of hydrogen-bond donors (Lipinski definition) is 2. The van der Waals surface area contributed by atoms with Crippen LogP contribution in [0.5, 0.6) is 0 Å². The van der Waals surface area contributed by atoms with Gasteiger partial charge < -0.3 is 9.84 Å². The second-order valence-electron chi connectivity index (χ2n) is 2.73. The maximum absolute atomic E-state index is 10.1. The predicted molar refractivity (Wildman–Crippen MR) is 34.4 cm³/mol. The highest BCUT2D eigenvalue weighted by molar-refractivity contribution is 5.56. The first-order chi connectivity index (χ1) is 4.70. The molecule has 58 valence electrons. The Kier molecular flexibility index (Phi) is 2.03. The number of aliphatic hydroxyl groups is 1. The molecule has 0 radical (unpaired) electrons. The van der Waals surface area contributed by atoms with Gasteiger partial charge in [0, 0.05) is 0 Å². The van der Waals surface area contributed by atoms with Crippen LogP contribution in [0.1, 0.15) is 6.92 Å². The second-order valence-corrected chi connectivity index (χ2v) is 2.73. The molecule has 0 amide bonds. The molecule has 1 aliphatic rings. The Hall–Kier alpha value is -0.450. The normalized spacial score (nSPS) is 40.0. The molecule has 1 saturated heterocycles. The topological polar surface area (TPSA) is 58.6 Å². The van der Waals surface area contributed by atoms with Crippen molar-refractivity contribution in [2.45, 2.75) is 18.7 Å². The lowest BCUT2D eigenvalue weighted by Crippen LogP contribution is -2.45. The molecule has 1 rings (SSSR count). The van der Waals surface area contributed by atoms with Crippen molar-refractivity contribution in [1.82, 2.24) is 5.32 Å². The van der Waals surface area contributed by atoms with E-state index in [1.165, 1.54) is 0 Å². The van der Waals surface area contributed by atoms with Gasteiger partial charge in [-0.3, -0.25) is 10.1 Å². The van der Waals surface area contributed by atoms with E-state index in [-0.39, 0.29) is 6.61 Å². The quantitative estimate of drug-likeness (QED) is 0.483. The third kappa shape index (κ3) is 1.34. The van der Waals surface area contributed by atoms with Crippen molar-refractivity contribution in [1.29, 1.82) is 0 Å². The highest BCUT2D eigenvalue weighted by Crippen LogP contribution is 2.12. The molecule has 1 aliphatic heterocycles. The first-order valence-electron chi connectivity index (χ1n) is 3.16. The molecule has 0 aromatic carbocycles. The summed E-state index contributed by atoms with van der Waals surface area (Å²) in [6.07, 6.45) is 0.137. The number of hydrogen-bond acceptors (Lipinski definition) is 4. The zero-order valence-electron chi connectivity index (χ0n) is 5.83. The standard InChI is InChI=1S/C6H11NO3/c1-6(3-9)4-10-5(2-8)7-6/h2,5,7,9H,3-4H2,1H3. The van der Waals surface area contributed by atoms with Crippen LogP contribution in [0.25, 0.3) is 0 Å². The van der Waals surface area contributed by atoms with Gasteiger partial charge in [0.2, 0.25) is 0 Å². The molecular weight excluding hydrogens is 134 g/mol. The van der Waals surface area contributed by atoms with Gasteiger partial charge in [-0.1, -0.05) is 0 Å². The maximum atomic E-state index is 10.1. The number of carbonyl (C=O) groups is 1.